The van der Waals surface area contributed by atoms with Crippen molar-refractivity contribution in [2.75, 3.05) is 40.4 Å². The monoisotopic (exact) mass is 482 g/mol. The van der Waals surface area contributed by atoms with Crippen LogP contribution >= 0.6 is 0 Å². The van der Waals surface area contributed by atoms with E-state index in [-0.39, 0.29) is 11.6 Å². The first-order valence-electron chi connectivity index (χ1n) is 10.8. The average molecular weight is 483 g/mol. The van der Waals surface area contributed by atoms with Gasteiger partial charge in [-0.05, 0) is 24.3 Å². The lowest BCUT2D eigenvalue weighted by Gasteiger charge is -2.27. The van der Waals surface area contributed by atoms with Crippen LogP contribution < -0.4 is 5.32 Å². The smallest absolute Gasteiger partial charge is 0.307 e. The predicted octanol–water partition coefficient (Wildman–Crippen LogP) is 1.93. The Hall–Kier alpha value is -3.47. The van der Waals surface area contributed by atoms with E-state index >= 15 is 0 Å². The van der Waals surface area contributed by atoms with Gasteiger partial charge in [-0.3, -0.25) is 9.59 Å². The zero-order valence-electron chi connectivity index (χ0n) is 19.0. The zero-order chi connectivity index (χ0) is 24.3. The minimum Gasteiger partial charge on any atom is -0.378 e. The fraction of sp³-hybridized carbons (Fsp3) is 0.250. The molecule has 0 unspecified atom stereocenters. The van der Waals surface area contributed by atoms with Gasteiger partial charge in [0.25, 0.3) is 11.8 Å². The Balaban J connectivity index is 1.81. The van der Waals surface area contributed by atoms with Crippen LogP contribution in [0.5, 0.6) is 0 Å². The number of hydrogen-bond donors (Lipinski definition) is 1. The van der Waals surface area contributed by atoms with Crippen molar-refractivity contribution in [2.24, 2.45) is 0 Å². The molecular formula is C24H26N4O5S. The number of ether oxygens (including phenoxy) is 1. The number of nitrogens with zero attached hydrogens (tertiary/aromatic N) is 3. The number of benzene rings is 2. The summed E-state index contributed by atoms with van der Waals surface area (Å²) in [6.07, 6.45) is 2.99. The number of hydrogen-bond acceptors (Lipinski definition) is 5. The van der Waals surface area contributed by atoms with E-state index in [1.54, 1.807) is 59.5 Å². The van der Waals surface area contributed by atoms with Gasteiger partial charge in [0, 0.05) is 49.9 Å². The van der Waals surface area contributed by atoms with Gasteiger partial charge < -0.3 is 15.0 Å². The molecule has 0 aliphatic carbocycles. The van der Waals surface area contributed by atoms with Crippen molar-refractivity contribution in [2.45, 2.75) is 0 Å². The Kier molecular flexibility index (Phi) is 6.82. The lowest BCUT2D eigenvalue weighted by molar-refractivity contribution is -0.131. The number of para-hydroxylation sites is 1. The number of amides is 2. The first-order valence-corrected chi connectivity index (χ1v) is 12.2. The Bertz CT molecular complexity index is 1340. The summed E-state index contributed by atoms with van der Waals surface area (Å²) in [5.41, 5.74) is 1.42. The summed E-state index contributed by atoms with van der Waals surface area (Å²) in [5.74, 6) is -0.794. The highest BCUT2D eigenvalue weighted by molar-refractivity contribution is 7.87. The highest BCUT2D eigenvalue weighted by Crippen LogP contribution is 2.26. The van der Waals surface area contributed by atoms with Crippen LogP contribution in [0.2, 0.25) is 0 Å². The van der Waals surface area contributed by atoms with Crippen molar-refractivity contribution in [1.82, 2.24) is 18.5 Å². The largest absolute Gasteiger partial charge is 0.378 e. The molecule has 10 heteroatoms. The third kappa shape index (κ3) is 4.74. The quantitative estimate of drug-likeness (QED) is 0.541. The maximum absolute atomic E-state index is 13.4. The molecule has 1 aromatic heterocycles. The molecule has 2 heterocycles. The maximum Gasteiger partial charge on any atom is 0.307 e. The van der Waals surface area contributed by atoms with Gasteiger partial charge in [0.05, 0.1) is 18.7 Å². The Morgan fingerprint density at radius 3 is 2.32 bits per heavy atom. The topological polar surface area (TPSA) is 101 Å². The molecule has 1 aliphatic heterocycles. The van der Waals surface area contributed by atoms with Gasteiger partial charge in [-0.1, -0.05) is 36.4 Å². The average Bonchev–Trinajstić information content (AvgIpc) is 3.23. The summed E-state index contributed by atoms with van der Waals surface area (Å²) in [6, 6.07) is 15.6. The number of rotatable bonds is 6. The molecule has 2 aromatic carbocycles. The maximum atomic E-state index is 13.4. The van der Waals surface area contributed by atoms with Crippen molar-refractivity contribution in [3.8, 4) is 0 Å². The molecule has 178 valence electrons. The first-order chi connectivity index (χ1) is 16.3. The van der Waals surface area contributed by atoms with E-state index in [0.717, 1.165) is 4.31 Å². The van der Waals surface area contributed by atoms with Crippen molar-refractivity contribution in [1.29, 1.82) is 0 Å². The van der Waals surface area contributed by atoms with E-state index in [1.165, 1.54) is 30.3 Å². The number of nitrogens with one attached hydrogen (secondary N) is 1. The highest BCUT2D eigenvalue weighted by Gasteiger charge is 2.25. The van der Waals surface area contributed by atoms with Crippen LogP contribution in [0, 0.1) is 0 Å². The fourth-order valence-electron chi connectivity index (χ4n) is 3.68. The second-order valence-corrected chi connectivity index (χ2v) is 9.99. The van der Waals surface area contributed by atoms with Crippen LogP contribution in [0.1, 0.15) is 15.9 Å². The van der Waals surface area contributed by atoms with Gasteiger partial charge in [0.15, 0.2) is 0 Å². The van der Waals surface area contributed by atoms with Crippen LogP contribution in [-0.2, 0) is 19.7 Å². The Morgan fingerprint density at radius 2 is 1.65 bits per heavy atom. The van der Waals surface area contributed by atoms with E-state index in [1.807, 2.05) is 0 Å². The standard InChI is InChI=1S/C24H26N4O5S/c1-26(2)34(31,32)28-17-19(20-10-6-7-11-22(20)28)16-21(24(30)27-12-14-33-15-13-27)25-23(29)18-8-4-3-5-9-18/h3-11,16-17H,12-15H2,1-2H3,(H,25,29)/b21-16-. The molecule has 1 aliphatic rings. The molecule has 1 fully saturated rings. The van der Waals surface area contributed by atoms with E-state index in [4.69, 9.17) is 4.74 Å². The fourth-order valence-corrected chi connectivity index (χ4v) is 4.69. The van der Waals surface area contributed by atoms with Crippen LogP contribution in [0.3, 0.4) is 0 Å². The minimum atomic E-state index is -3.80. The molecular weight excluding hydrogens is 456 g/mol. The van der Waals surface area contributed by atoms with Gasteiger partial charge in [-0.25, -0.2) is 3.97 Å². The predicted molar refractivity (Wildman–Crippen MR) is 129 cm³/mol. The lowest BCUT2D eigenvalue weighted by atomic mass is 10.1. The number of fused-ring (bicyclic) bond motifs is 1. The molecule has 1 N–H and O–H groups in total. The molecule has 0 radical (unpaired) electrons. The Labute approximate surface area is 198 Å². The van der Waals surface area contributed by atoms with Gasteiger partial charge in [-0.2, -0.15) is 12.7 Å². The van der Waals surface area contributed by atoms with E-state index in [2.05, 4.69) is 5.32 Å². The summed E-state index contributed by atoms with van der Waals surface area (Å²) in [4.78, 5) is 27.9. The number of carbonyl (C=O) groups is 2. The van der Waals surface area contributed by atoms with E-state index < -0.39 is 16.1 Å². The second-order valence-electron chi connectivity index (χ2n) is 7.97. The van der Waals surface area contributed by atoms with Gasteiger partial charge in [-0.15, -0.1) is 0 Å². The van der Waals surface area contributed by atoms with E-state index in [9.17, 15) is 18.0 Å². The summed E-state index contributed by atoms with van der Waals surface area (Å²) in [6.45, 7) is 1.61. The molecule has 9 nitrogen and oxygen atoms in total. The summed E-state index contributed by atoms with van der Waals surface area (Å²) < 4.78 is 33.4. The molecule has 34 heavy (non-hydrogen) atoms. The molecule has 0 saturated carbocycles. The zero-order valence-corrected chi connectivity index (χ0v) is 19.8. The molecule has 2 amide bonds. The van der Waals surface area contributed by atoms with Crippen molar-refractivity contribution >= 4 is 39.0 Å². The van der Waals surface area contributed by atoms with Gasteiger partial charge in [0.1, 0.15) is 5.70 Å². The van der Waals surface area contributed by atoms with E-state index in [0.29, 0.717) is 48.3 Å². The Morgan fingerprint density at radius 1 is 1.00 bits per heavy atom. The lowest BCUT2D eigenvalue weighted by Crippen LogP contribution is -2.44. The minimum absolute atomic E-state index is 0.0564. The normalized spacial score (nSPS) is 15.0. The van der Waals surface area contributed by atoms with Crippen LogP contribution in [0.25, 0.3) is 17.0 Å². The first kappa shape index (κ1) is 23.7. The molecule has 4 rings (SSSR count). The molecule has 0 spiro atoms. The number of morpholine rings is 1. The molecule has 0 atom stereocenters. The van der Waals surface area contributed by atoms with Gasteiger partial charge in [0.2, 0.25) is 0 Å². The van der Waals surface area contributed by atoms with Crippen molar-refractivity contribution in [3.05, 3.63) is 77.6 Å². The van der Waals surface area contributed by atoms with Crippen LogP contribution in [-0.4, -0.2) is 73.8 Å². The molecule has 0 bridgehead atoms. The highest BCUT2D eigenvalue weighted by atomic mass is 32.2. The third-order valence-corrected chi connectivity index (χ3v) is 7.25. The summed E-state index contributed by atoms with van der Waals surface area (Å²) >= 11 is 0. The van der Waals surface area contributed by atoms with Crippen molar-refractivity contribution in [3.63, 3.8) is 0 Å². The summed E-state index contributed by atoms with van der Waals surface area (Å²) in [5, 5.41) is 3.37. The molecule has 1 saturated heterocycles. The SMILES string of the molecule is CN(C)S(=O)(=O)n1cc(/C=C(\NC(=O)c2ccccc2)C(=O)N2CCOCC2)c2ccccc21. The van der Waals surface area contributed by atoms with Gasteiger partial charge >= 0.3 is 10.2 Å². The third-order valence-electron chi connectivity index (χ3n) is 5.53. The van der Waals surface area contributed by atoms with Crippen LogP contribution in [0.4, 0.5) is 0 Å². The van der Waals surface area contributed by atoms with Crippen LogP contribution in [0.15, 0.2) is 66.5 Å². The summed E-state index contributed by atoms with van der Waals surface area (Å²) in [7, 11) is -0.901. The van der Waals surface area contributed by atoms with Crippen molar-refractivity contribution < 1.29 is 22.7 Å². The number of aromatic nitrogens is 1. The number of carbonyl (C=O) groups excluding carboxylic acids is 2. The molecule has 3 aromatic rings. The second kappa shape index (κ2) is 9.80.